The molecule has 2 aliphatic heterocycles. The molecule has 7 heteroatoms. The van der Waals surface area contributed by atoms with E-state index >= 15 is 0 Å². The number of nitrogens with zero attached hydrogens (tertiary/aromatic N) is 2. The molecule has 2 aliphatic rings. The van der Waals surface area contributed by atoms with E-state index in [-0.39, 0.29) is 47.1 Å². The highest BCUT2D eigenvalue weighted by atomic mass is 79.9. The molecule has 0 atom stereocenters. The van der Waals surface area contributed by atoms with Crippen molar-refractivity contribution in [2.75, 3.05) is 24.7 Å². The average molecular weight is 708 g/mol. The molecule has 6 rings (SSSR count). The van der Waals surface area contributed by atoms with Gasteiger partial charge in [-0.2, -0.15) is 4.58 Å². The lowest BCUT2D eigenvalue weighted by molar-refractivity contribution is -0.436. The van der Waals surface area contributed by atoms with Gasteiger partial charge in [-0.3, -0.25) is 4.79 Å². The third-order valence-electron chi connectivity index (χ3n) is 9.54. The fourth-order valence-corrected chi connectivity index (χ4v) is 7.46. The molecule has 48 heavy (non-hydrogen) atoms. The lowest BCUT2D eigenvalue weighted by Gasteiger charge is -2.27. The van der Waals surface area contributed by atoms with Crippen LogP contribution < -0.4 is 21.9 Å². The van der Waals surface area contributed by atoms with Gasteiger partial charge in [0.1, 0.15) is 12.1 Å². The number of halogens is 1. The van der Waals surface area contributed by atoms with E-state index in [1.165, 1.54) is 16.3 Å². The summed E-state index contributed by atoms with van der Waals surface area (Å²) in [5.74, 6) is -0.659. The van der Waals surface area contributed by atoms with Gasteiger partial charge in [-0.15, -0.1) is 0 Å². The molecule has 0 amide bonds. The number of hydrogen-bond donors (Lipinski definition) is 0. The summed E-state index contributed by atoms with van der Waals surface area (Å²) in [4.78, 5) is 27.6. The van der Waals surface area contributed by atoms with E-state index in [0.717, 1.165) is 39.1 Å². The normalized spacial score (nSPS) is 16.7. The molecule has 0 fully saturated rings. The van der Waals surface area contributed by atoms with Crippen molar-refractivity contribution in [2.45, 2.75) is 58.8 Å². The average Bonchev–Trinajstić information content (AvgIpc) is 3.42. The number of fused-ring (bicyclic) bond motifs is 6. The first-order valence-electron chi connectivity index (χ1n) is 16.4. The van der Waals surface area contributed by atoms with Crippen molar-refractivity contribution in [2.24, 2.45) is 0 Å². The molecule has 0 unspecified atom stereocenters. The summed E-state index contributed by atoms with van der Waals surface area (Å²) < 4.78 is 13.0. The second kappa shape index (κ2) is 13.6. The minimum atomic E-state index is -0.450. The predicted octanol–water partition coefficient (Wildman–Crippen LogP) is 5.64. The van der Waals surface area contributed by atoms with Gasteiger partial charge in [0.15, 0.2) is 12.3 Å². The summed E-state index contributed by atoms with van der Waals surface area (Å²) >= 11 is 0. The number of allylic oxidation sites excluding steroid dienone is 4. The molecule has 0 saturated heterocycles. The van der Waals surface area contributed by atoms with Crippen LogP contribution in [0.1, 0.15) is 59.1 Å². The van der Waals surface area contributed by atoms with Gasteiger partial charge < -0.3 is 31.4 Å². The highest BCUT2D eigenvalue weighted by Gasteiger charge is 2.46. The standard InChI is InChI=1S/C41H43N2O4.BrH/c1-8-46-36(44)25-26-42-32-23-21-28-15-10-12-17-30(28)37(32)40(4,5)34(42)19-14-20-35-41(6,7)38-31-18-13-11-16-29(31)22-24-33(38)43(35)27(3)39(45)47-9-2;/h10-24H,3,8-9,25-26H2,1-2,4-7H3;1H/q+1;/p-1. The zero-order valence-corrected chi connectivity index (χ0v) is 30.2. The van der Waals surface area contributed by atoms with E-state index in [1.807, 2.05) is 17.9 Å². The van der Waals surface area contributed by atoms with Crippen LogP contribution in [-0.4, -0.2) is 42.0 Å². The number of anilines is 1. The highest BCUT2D eigenvalue weighted by Crippen LogP contribution is 2.52. The summed E-state index contributed by atoms with van der Waals surface area (Å²) in [5.41, 5.74) is 5.89. The molecule has 0 aliphatic carbocycles. The van der Waals surface area contributed by atoms with E-state index in [0.29, 0.717) is 13.2 Å². The Bertz CT molecular complexity index is 2040. The van der Waals surface area contributed by atoms with Gasteiger partial charge in [-0.05, 0) is 73.0 Å². The monoisotopic (exact) mass is 706 g/mol. The minimum absolute atomic E-state index is 0. The zero-order valence-electron chi connectivity index (χ0n) is 28.6. The number of esters is 2. The van der Waals surface area contributed by atoms with Crippen molar-refractivity contribution in [3.63, 3.8) is 0 Å². The van der Waals surface area contributed by atoms with Crippen LogP contribution in [0, 0.1) is 0 Å². The summed E-state index contributed by atoms with van der Waals surface area (Å²) in [7, 11) is 0. The maximum atomic E-state index is 13.1. The molecule has 2 heterocycles. The largest absolute Gasteiger partial charge is 1.00 e. The third-order valence-corrected chi connectivity index (χ3v) is 9.54. The number of carbonyl (C=O) groups excluding carboxylic acids is 2. The Morgan fingerprint density at radius 1 is 0.812 bits per heavy atom. The van der Waals surface area contributed by atoms with E-state index in [1.54, 1.807) is 6.92 Å². The highest BCUT2D eigenvalue weighted by molar-refractivity contribution is 6.08. The molecular weight excluding hydrogens is 664 g/mol. The molecular formula is C41H43BrN2O4. The van der Waals surface area contributed by atoms with Gasteiger partial charge in [0.2, 0.25) is 5.69 Å². The first kappa shape index (κ1) is 34.8. The van der Waals surface area contributed by atoms with Crippen molar-refractivity contribution < 1.29 is 40.6 Å². The number of rotatable bonds is 9. The van der Waals surface area contributed by atoms with Gasteiger partial charge in [0, 0.05) is 28.8 Å². The molecule has 0 aromatic heterocycles. The summed E-state index contributed by atoms with van der Waals surface area (Å²) in [6, 6.07) is 25.3. The van der Waals surface area contributed by atoms with E-state index in [9.17, 15) is 9.59 Å². The SMILES string of the molecule is C=C(C(=O)OCC)N1C(=CC=CC2=[N+](CCC(=O)OCC)c3ccc4ccccc4c3C2(C)C)C(C)(C)c2c1ccc1ccccc21.[Br-]. The van der Waals surface area contributed by atoms with Crippen LogP contribution in [0.4, 0.5) is 11.4 Å². The van der Waals surface area contributed by atoms with E-state index < -0.39 is 11.4 Å². The zero-order chi connectivity index (χ0) is 33.5. The number of benzene rings is 4. The van der Waals surface area contributed by atoms with Crippen LogP contribution in [-0.2, 0) is 29.9 Å². The van der Waals surface area contributed by atoms with Crippen LogP contribution in [0.2, 0.25) is 0 Å². The Morgan fingerprint density at radius 2 is 1.42 bits per heavy atom. The number of hydrogen-bond acceptors (Lipinski definition) is 5. The lowest BCUT2D eigenvalue weighted by Crippen LogP contribution is -3.00. The van der Waals surface area contributed by atoms with E-state index in [4.69, 9.17) is 9.47 Å². The quantitative estimate of drug-likeness (QED) is 0.128. The Kier molecular flexibility index (Phi) is 9.84. The topological polar surface area (TPSA) is 58.8 Å². The predicted molar refractivity (Wildman–Crippen MR) is 190 cm³/mol. The smallest absolute Gasteiger partial charge is 0.354 e. The molecule has 4 aromatic rings. The van der Waals surface area contributed by atoms with Gasteiger partial charge >= 0.3 is 11.9 Å². The summed E-state index contributed by atoms with van der Waals surface area (Å²) in [6.45, 7) is 17.8. The van der Waals surface area contributed by atoms with Crippen LogP contribution in [0.25, 0.3) is 21.5 Å². The van der Waals surface area contributed by atoms with Crippen molar-refractivity contribution >= 4 is 50.6 Å². The van der Waals surface area contributed by atoms with Gasteiger partial charge in [0.25, 0.3) is 0 Å². The Labute approximate surface area is 293 Å². The van der Waals surface area contributed by atoms with E-state index in [2.05, 4.69) is 124 Å². The number of ether oxygens (including phenoxy) is 2. The van der Waals surface area contributed by atoms with Crippen molar-refractivity contribution in [1.82, 2.24) is 0 Å². The lowest BCUT2D eigenvalue weighted by atomic mass is 9.79. The van der Waals surface area contributed by atoms with Crippen molar-refractivity contribution in [1.29, 1.82) is 0 Å². The van der Waals surface area contributed by atoms with Gasteiger partial charge in [-0.25, -0.2) is 4.79 Å². The third kappa shape index (κ3) is 5.79. The van der Waals surface area contributed by atoms with Crippen LogP contribution in [0.5, 0.6) is 0 Å². The second-order valence-electron chi connectivity index (χ2n) is 13.1. The van der Waals surface area contributed by atoms with Crippen LogP contribution in [0.3, 0.4) is 0 Å². The Balaban J connectivity index is 0.00000451. The van der Waals surface area contributed by atoms with Crippen molar-refractivity contribution in [3.8, 4) is 0 Å². The fourth-order valence-electron chi connectivity index (χ4n) is 7.46. The molecule has 0 saturated carbocycles. The number of carbonyl (C=O) groups is 2. The second-order valence-corrected chi connectivity index (χ2v) is 13.1. The molecule has 248 valence electrons. The van der Waals surface area contributed by atoms with Gasteiger partial charge in [-0.1, -0.05) is 81.1 Å². The molecule has 0 radical (unpaired) electrons. The first-order chi connectivity index (χ1) is 22.5. The summed E-state index contributed by atoms with van der Waals surface area (Å²) in [5, 5.41) is 4.67. The van der Waals surface area contributed by atoms with Crippen LogP contribution in [0.15, 0.2) is 109 Å². The Morgan fingerprint density at radius 3 is 2.06 bits per heavy atom. The van der Waals surface area contributed by atoms with Gasteiger partial charge in [0.05, 0.1) is 24.3 Å². The van der Waals surface area contributed by atoms with Crippen LogP contribution >= 0.6 is 0 Å². The maximum absolute atomic E-state index is 13.1. The Hall–Kier alpha value is -4.49. The molecule has 6 nitrogen and oxygen atoms in total. The fraction of sp³-hybridized carbons (Fsp3) is 0.293. The first-order valence-corrected chi connectivity index (χ1v) is 16.4. The molecule has 0 N–H and O–H groups in total. The summed E-state index contributed by atoms with van der Waals surface area (Å²) in [6.07, 6.45) is 6.58. The minimum Gasteiger partial charge on any atom is -1.00 e. The van der Waals surface area contributed by atoms with Crippen molar-refractivity contribution in [3.05, 3.63) is 120 Å². The molecule has 4 aromatic carbocycles. The maximum Gasteiger partial charge on any atom is 0.354 e. The molecule has 0 spiro atoms. The molecule has 0 bridgehead atoms.